The summed E-state index contributed by atoms with van der Waals surface area (Å²) < 4.78 is 41.9. The van der Waals surface area contributed by atoms with Crippen LogP contribution in [0.25, 0.3) is 11.1 Å². The zero-order valence-electron chi connectivity index (χ0n) is 25.5. The molecular weight excluding hydrogens is 612 g/mol. The number of benzene rings is 3. The summed E-state index contributed by atoms with van der Waals surface area (Å²) in [5.74, 6) is 1.47. The van der Waals surface area contributed by atoms with Gasteiger partial charge in [-0.05, 0) is 85.8 Å². The minimum Gasteiger partial charge on any atom is -0.494 e. The molecule has 0 bridgehead atoms. The van der Waals surface area contributed by atoms with Gasteiger partial charge in [0, 0.05) is 36.8 Å². The Labute approximate surface area is 269 Å². The number of nitrogens with zero attached hydrogens (tertiary/aromatic N) is 2. The normalized spacial score (nSPS) is 13.5. The maximum absolute atomic E-state index is 11.9. The average Bonchev–Trinajstić information content (AvgIpc) is 3.56. The highest BCUT2D eigenvalue weighted by Gasteiger charge is 2.15. The van der Waals surface area contributed by atoms with Gasteiger partial charge in [-0.3, -0.25) is 9.78 Å². The molecule has 0 aliphatic carbocycles. The van der Waals surface area contributed by atoms with Crippen LogP contribution in [0.5, 0.6) is 17.2 Å². The zero-order chi connectivity index (χ0) is 31.8. The van der Waals surface area contributed by atoms with E-state index in [1.807, 2.05) is 24.3 Å². The number of carbonyl (C=O) groups excluding carboxylic acids is 1. The number of aromatic nitrogens is 1. The summed E-state index contributed by atoms with van der Waals surface area (Å²) in [5, 5.41) is 0.272. The van der Waals surface area contributed by atoms with Crippen LogP contribution in [0.3, 0.4) is 0 Å². The fraction of sp³-hybridized carbons (Fsp3) is 0.314. The van der Waals surface area contributed by atoms with E-state index in [2.05, 4.69) is 35.0 Å². The number of likely N-dealkylation sites (tertiary alicyclic amines) is 1. The second-order valence-corrected chi connectivity index (χ2v) is 13.6. The Kier molecular flexibility index (Phi) is 10.8. The lowest BCUT2D eigenvalue weighted by molar-refractivity contribution is 0.111. The van der Waals surface area contributed by atoms with Gasteiger partial charge in [0.05, 0.1) is 22.1 Å². The second-order valence-electron chi connectivity index (χ2n) is 11.2. The van der Waals surface area contributed by atoms with Gasteiger partial charge in [0.25, 0.3) is 0 Å². The van der Waals surface area contributed by atoms with Gasteiger partial charge < -0.3 is 19.1 Å². The summed E-state index contributed by atoms with van der Waals surface area (Å²) in [5.41, 5.74) is 4.97. The van der Waals surface area contributed by atoms with E-state index in [0.717, 1.165) is 47.2 Å². The number of aldehydes is 1. The van der Waals surface area contributed by atoms with Crippen LogP contribution in [-0.4, -0.2) is 57.1 Å². The van der Waals surface area contributed by atoms with Crippen LogP contribution < -0.4 is 14.2 Å². The second kappa shape index (κ2) is 14.9. The first-order valence-electron chi connectivity index (χ1n) is 14.9. The molecule has 2 heterocycles. The molecule has 10 heteroatoms. The van der Waals surface area contributed by atoms with Gasteiger partial charge in [-0.1, -0.05) is 41.9 Å². The Morgan fingerprint density at radius 1 is 0.933 bits per heavy atom. The van der Waals surface area contributed by atoms with Crippen molar-refractivity contribution in [1.82, 2.24) is 9.88 Å². The molecule has 1 aliphatic heterocycles. The molecule has 0 amide bonds. The largest absolute Gasteiger partial charge is 0.494 e. The van der Waals surface area contributed by atoms with Gasteiger partial charge >= 0.3 is 0 Å². The van der Waals surface area contributed by atoms with Crippen molar-refractivity contribution in [3.05, 3.63) is 100 Å². The van der Waals surface area contributed by atoms with Crippen molar-refractivity contribution in [2.45, 2.75) is 44.3 Å². The fourth-order valence-electron chi connectivity index (χ4n) is 5.33. The number of sulfone groups is 1. The first kappa shape index (κ1) is 32.5. The molecule has 0 saturated carbocycles. The summed E-state index contributed by atoms with van der Waals surface area (Å²) in [6.45, 7) is 6.46. The van der Waals surface area contributed by atoms with Crippen LogP contribution in [-0.2, 0) is 23.1 Å². The monoisotopic (exact) mass is 648 g/mol. The average molecular weight is 649 g/mol. The van der Waals surface area contributed by atoms with Crippen molar-refractivity contribution in [2.24, 2.45) is 0 Å². The molecule has 0 unspecified atom stereocenters. The third kappa shape index (κ3) is 8.63. The van der Waals surface area contributed by atoms with E-state index in [0.29, 0.717) is 24.2 Å². The SMILES string of the molecule is Cc1c(COc2cc(OCc3cncc(S(C)(=O)=O)c3)c(C=O)cc2Cl)cccc1-c1cccc(OCCCN2CCCC2)c1. The molecule has 45 heavy (non-hydrogen) atoms. The Balaban J connectivity index is 1.25. The third-order valence-corrected chi connectivity index (χ3v) is 9.22. The Morgan fingerprint density at radius 3 is 2.49 bits per heavy atom. The fourth-order valence-corrected chi connectivity index (χ4v) is 6.17. The Morgan fingerprint density at radius 2 is 1.71 bits per heavy atom. The van der Waals surface area contributed by atoms with Crippen LogP contribution >= 0.6 is 11.6 Å². The minimum atomic E-state index is -3.42. The number of ether oxygens (including phenoxy) is 3. The van der Waals surface area contributed by atoms with E-state index in [1.54, 1.807) is 6.07 Å². The van der Waals surface area contributed by atoms with Gasteiger partial charge in [-0.25, -0.2) is 8.42 Å². The Bertz CT molecular complexity index is 1760. The van der Waals surface area contributed by atoms with Crippen molar-refractivity contribution in [3.63, 3.8) is 0 Å². The van der Waals surface area contributed by atoms with Crippen molar-refractivity contribution in [1.29, 1.82) is 0 Å². The molecule has 5 rings (SSSR count). The molecule has 1 saturated heterocycles. The van der Waals surface area contributed by atoms with Crippen LogP contribution in [0.15, 0.2) is 78.0 Å². The number of rotatable bonds is 14. The molecule has 1 aliphatic rings. The predicted molar refractivity (Wildman–Crippen MR) is 175 cm³/mol. The molecule has 8 nitrogen and oxygen atoms in total. The number of halogens is 1. The van der Waals surface area contributed by atoms with E-state index in [-0.39, 0.29) is 34.4 Å². The van der Waals surface area contributed by atoms with E-state index >= 15 is 0 Å². The maximum Gasteiger partial charge on any atom is 0.177 e. The van der Waals surface area contributed by atoms with Crippen molar-refractivity contribution in [3.8, 4) is 28.4 Å². The summed E-state index contributed by atoms with van der Waals surface area (Å²) in [6, 6.07) is 18.8. The van der Waals surface area contributed by atoms with Gasteiger partial charge in [0.2, 0.25) is 0 Å². The lowest BCUT2D eigenvalue weighted by Gasteiger charge is -2.16. The van der Waals surface area contributed by atoms with Gasteiger partial charge in [-0.15, -0.1) is 0 Å². The van der Waals surface area contributed by atoms with Crippen molar-refractivity contribution >= 4 is 27.7 Å². The molecule has 0 atom stereocenters. The molecular formula is C35H37ClN2O6S. The molecule has 0 radical (unpaired) electrons. The molecule has 1 aromatic heterocycles. The molecule has 3 aromatic carbocycles. The molecule has 4 aromatic rings. The van der Waals surface area contributed by atoms with E-state index in [1.165, 1.54) is 50.5 Å². The highest BCUT2D eigenvalue weighted by Crippen LogP contribution is 2.34. The minimum absolute atomic E-state index is 0.000643. The maximum atomic E-state index is 11.9. The van der Waals surface area contributed by atoms with Gasteiger partial charge in [0.1, 0.15) is 30.5 Å². The van der Waals surface area contributed by atoms with Gasteiger partial charge in [0.15, 0.2) is 16.1 Å². The number of pyridine rings is 1. The number of hydrogen-bond donors (Lipinski definition) is 0. The summed E-state index contributed by atoms with van der Waals surface area (Å²) in [4.78, 5) is 18.3. The molecule has 1 fully saturated rings. The molecule has 0 spiro atoms. The van der Waals surface area contributed by atoms with Crippen molar-refractivity contribution in [2.75, 3.05) is 32.5 Å². The van der Waals surface area contributed by atoms with Crippen LogP contribution in [0, 0.1) is 6.92 Å². The van der Waals surface area contributed by atoms with Crippen molar-refractivity contribution < 1.29 is 27.4 Å². The topological polar surface area (TPSA) is 95.0 Å². The van der Waals surface area contributed by atoms with Crippen LogP contribution in [0.4, 0.5) is 0 Å². The van der Waals surface area contributed by atoms with Crippen LogP contribution in [0.1, 0.15) is 46.3 Å². The van der Waals surface area contributed by atoms with E-state index in [4.69, 9.17) is 25.8 Å². The smallest absolute Gasteiger partial charge is 0.177 e. The standard InChI is InChI=1S/C35H37ClN2O6S/c1-25-28(9-6-11-32(25)27-8-5-10-30(17-27)42-15-7-14-38-12-3-4-13-38)24-44-35-19-34(29(22-39)18-33(35)36)43-23-26-16-31(21-37-20-26)45(2,40)41/h5-6,8-11,16-22H,3-4,7,12-15,23-24H2,1-2H3. The highest BCUT2D eigenvalue weighted by atomic mass is 35.5. The van der Waals surface area contributed by atoms with Gasteiger partial charge in [-0.2, -0.15) is 0 Å². The molecule has 236 valence electrons. The Hall–Kier alpha value is -3.92. The summed E-state index contributed by atoms with van der Waals surface area (Å²) in [6.07, 6.45) is 8.15. The summed E-state index contributed by atoms with van der Waals surface area (Å²) >= 11 is 6.48. The first-order chi connectivity index (χ1) is 21.7. The number of hydrogen-bond acceptors (Lipinski definition) is 8. The van der Waals surface area contributed by atoms with Crippen LogP contribution in [0.2, 0.25) is 5.02 Å². The predicted octanol–water partition coefficient (Wildman–Crippen LogP) is 6.95. The number of carbonyl (C=O) groups is 1. The first-order valence-corrected chi connectivity index (χ1v) is 17.2. The lowest BCUT2D eigenvalue weighted by Crippen LogP contribution is -2.21. The highest BCUT2D eigenvalue weighted by molar-refractivity contribution is 7.90. The quantitative estimate of drug-likeness (QED) is 0.107. The third-order valence-electron chi connectivity index (χ3n) is 7.84. The van der Waals surface area contributed by atoms with E-state index < -0.39 is 9.84 Å². The zero-order valence-corrected chi connectivity index (χ0v) is 27.1. The van der Waals surface area contributed by atoms with E-state index in [9.17, 15) is 13.2 Å². The summed E-state index contributed by atoms with van der Waals surface area (Å²) in [7, 11) is -3.42. The lowest BCUT2D eigenvalue weighted by atomic mass is 9.96. The molecule has 0 N–H and O–H groups in total.